The van der Waals surface area contributed by atoms with Crippen molar-refractivity contribution < 1.29 is 4.79 Å². The second-order valence-corrected chi connectivity index (χ2v) is 9.41. The van der Waals surface area contributed by atoms with Crippen LogP contribution >= 0.6 is 11.6 Å². The van der Waals surface area contributed by atoms with E-state index in [2.05, 4.69) is 53.3 Å². The molecular formula is C30H26ClN5O. The van der Waals surface area contributed by atoms with Gasteiger partial charge in [-0.2, -0.15) is 5.10 Å². The molecule has 0 spiro atoms. The van der Waals surface area contributed by atoms with Crippen LogP contribution in [0.3, 0.4) is 0 Å². The maximum Gasteiger partial charge on any atom is 0.323 e. The Morgan fingerprint density at radius 1 is 0.946 bits per heavy atom. The van der Waals surface area contributed by atoms with Crippen molar-refractivity contribution in [1.29, 1.82) is 0 Å². The topological polar surface area (TPSA) is 55.1 Å². The molecule has 1 N–H and O–H groups in total. The van der Waals surface area contributed by atoms with Gasteiger partial charge in [-0.3, -0.25) is 0 Å². The minimum Gasteiger partial charge on any atom is -0.307 e. The largest absolute Gasteiger partial charge is 0.323 e. The zero-order chi connectivity index (χ0) is 25.4. The number of aryl methyl sites for hydroxylation is 1. The summed E-state index contributed by atoms with van der Waals surface area (Å²) in [5.41, 5.74) is 5.55. The molecule has 5 aromatic rings. The molecule has 0 fully saturated rings. The van der Waals surface area contributed by atoms with E-state index in [4.69, 9.17) is 16.7 Å². The van der Waals surface area contributed by atoms with Crippen molar-refractivity contribution in [2.24, 2.45) is 0 Å². The van der Waals surface area contributed by atoms with E-state index in [0.29, 0.717) is 17.3 Å². The van der Waals surface area contributed by atoms with Gasteiger partial charge in [0.15, 0.2) is 0 Å². The van der Waals surface area contributed by atoms with Crippen molar-refractivity contribution in [2.75, 3.05) is 5.32 Å². The molecule has 1 atom stereocenters. The number of carbonyl (C=O) groups is 1. The van der Waals surface area contributed by atoms with Gasteiger partial charge in [0.25, 0.3) is 0 Å². The predicted octanol–water partition coefficient (Wildman–Crippen LogP) is 7.02. The smallest absolute Gasteiger partial charge is 0.307 e. The lowest BCUT2D eigenvalue weighted by molar-refractivity contribution is 0.194. The molecule has 184 valence electrons. The first kappa shape index (κ1) is 23.1. The highest BCUT2D eigenvalue weighted by atomic mass is 35.5. The van der Waals surface area contributed by atoms with Crippen molar-refractivity contribution in [3.63, 3.8) is 0 Å². The number of rotatable bonds is 4. The molecule has 1 aliphatic heterocycles. The number of para-hydroxylation sites is 2. The highest BCUT2D eigenvalue weighted by Gasteiger charge is 2.36. The summed E-state index contributed by atoms with van der Waals surface area (Å²) >= 11 is 6.41. The van der Waals surface area contributed by atoms with Crippen molar-refractivity contribution in [3.05, 3.63) is 131 Å². The van der Waals surface area contributed by atoms with E-state index in [-0.39, 0.29) is 12.1 Å². The maximum absolute atomic E-state index is 14.0. The minimum absolute atomic E-state index is 0.225. The lowest BCUT2D eigenvalue weighted by atomic mass is 10.0. The third-order valence-electron chi connectivity index (χ3n) is 6.80. The molecule has 6 rings (SSSR count). The Kier molecular flexibility index (Phi) is 6.02. The Morgan fingerprint density at radius 2 is 1.65 bits per heavy atom. The molecule has 1 aliphatic rings. The minimum atomic E-state index is -0.319. The predicted molar refractivity (Wildman–Crippen MR) is 147 cm³/mol. The molecule has 0 saturated carbocycles. The van der Waals surface area contributed by atoms with Gasteiger partial charge < -0.3 is 14.8 Å². The number of aromatic nitrogens is 3. The quantitative estimate of drug-likeness (QED) is 0.284. The summed E-state index contributed by atoms with van der Waals surface area (Å²) in [7, 11) is 0. The summed E-state index contributed by atoms with van der Waals surface area (Å²) in [5, 5.41) is 8.56. The number of carbonyl (C=O) groups excluding carboxylic acids is 1. The molecule has 3 aromatic carbocycles. The van der Waals surface area contributed by atoms with Crippen LogP contribution in [0.15, 0.2) is 103 Å². The number of nitrogens with zero attached hydrogens (tertiary/aromatic N) is 4. The van der Waals surface area contributed by atoms with Crippen LogP contribution in [0.4, 0.5) is 10.5 Å². The molecule has 3 heterocycles. The molecule has 0 radical (unpaired) electrons. The monoisotopic (exact) mass is 507 g/mol. The fourth-order valence-corrected chi connectivity index (χ4v) is 5.27. The number of urea groups is 1. The van der Waals surface area contributed by atoms with Crippen LogP contribution in [-0.4, -0.2) is 25.3 Å². The lowest BCUT2D eigenvalue weighted by Gasteiger charge is -2.31. The normalized spacial score (nSPS) is 14.5. The number of nitrogens with one attached hydrogen (secondary N) is 1. The van der Waals surface area contributed by atoms with Crippen molar-refractivity contribution in [3.8, 4) is 11.5 Å². The second kappa shape index (κ2) is 9.64. The van der Waals surface area contributed by atoms with Crippen molar-refractivity contribution in [1.82, 2.24) is 19.2 Å². The summed E-state index contributed by atoms with van der Waals surface area (Å²) in [6.45, 7) is 2.49. The first-order valence-corrected chi connectivity index (χ1v) is 12.7. The lowest BCUT2D eigenvalue weighted by Crippen LogP contribution is -2.38. The second-order valence-electron chi connectivity index (χ2n) is 9.00. The maximum atomic E-state index is 14.0. The summed E-state index contributed by atoms with van der Waals surface area (Å²) in [6, 6.07) is 31.1. The summed E-state index contributed by atoms with van der Waals surface area (Å²) < 4.78 is 4.17. The van der Waals surface area contributed by atoms with Crippen LogP contribution in [-0.2, 0) is 13.0 Å². The third-order valence-corrected chi connectivity index (χ3v) is 7.13. The van der Waals surface area contributed by atoms with Gasteiger partial charge in [0.1, 0.15) is 5.82 Å². The zero-order valence-corrected chi connectivity index (χ0v) is 21.1. The molecule has 0 bridgehead atoms. The molecular weight excluding hydrogens is 482 g/mol. The van der Waals surface area contributed by atoms with E-state index in [1.54, 1.807) is 6.07 Å². The summed E-state index contributed by atoms with van der Waals surface area (Å²) in [6.07, 6.45) is 2.80. The molecule has 0 aliphatic carbocycles. The van der Waals surface area contributed by atoms with Gasteiger partial charge >= 0.3 is 6.03 Å². The fraction of sp³-hybridized carbons (Fsp3) is 0.133. The van der Waals surface area contributed by atoms with E-state index < -0.39 is 0 Å². The van der Waals surface area contributed by atoms with E-state index in [9.17, 15) is 4.79 Å². The van der Waals surface area contributed by atoms with E-state index in [1.807, 2.05) is 70.2 Å². The number of anilines is 1. The van der Waals surface area contributed by atoms with Gasteiger partial charge in [0.05, 0.1) is 40.4 Å². The number of amides is 2. The molecule has 2 aromatic heterocycles. The van der Waals surface area contributed by atoms with E-state index in [0.717, 1.165) is 40.4 Å². The molecule has 7 heteroatoms. The van der Waals surface area contributed by atoms with Crippen LogP contribution in [0, 0.1) is 0 Å². The van der Waals surface area contributed by atoms with Crippen LogP contribution in [0.25, 0.3) is 11.5 Å². The molecule has 0 saturated heterocycles. The Bertz CT molecular complexity index is 1560. The zero-order valence-electron chi connectivity index (χ0n) is 20.4. The van der Waals surface area contributed by atoms with E-state index >= 15 is 0 Å². The van der Waals surface area contributed by atoms with Crippen molar-refractivity contribution >= 4 is 23.3 Å². The highest BCUT2D eigenvalue weighted by molar-refractivity contribution is 6.33. The van der Waals surface area contributed by atoms with Crippen LogP contribution in [0.1, 0.15) is 35.5 Å². The van der Waals surface area contributed by atoms with Gasteiger partial charge in [-0.1, -0.05) is 79.2 Å². The number of fused-ring (bicyclic) bond motifs is 3. The first-order chi connectivity index (χ1) is 18.2. The van der Waals surface area contributed by atoms with Crippen LogP contribution < -0.4 is 5.32 Å². The van der Waals surface area contributed by atoms with Crippen LogP contribution in [0.5, 0.6) is 0 Å². The third kappa shape index (κ3) is 4.09. The van der Waals surface area contributed by atoms with Gasteiger partial charge in [-0.15, -0.1) is 0 Å². The van der Waals surface area contributed by atoms with Crippen LogP contribution in [0.2, 0.25) is 5.02 Å². The standard InChI is InChI=1S/C30H26ClN5O/c1-2-25-23-20-35(30(37)32-26-17-10-9-16-24(26)31)28(21-12-5-3-6-13-21)27-18-11-19-34(27)29(23)36(33-25)22-14-7-4-8-15-22/h3-19,28H,2,20H2,1H3,(H,32,37)/t28-/m0/s1. The average Bonchev–Trinajstić information content (AvgIpc) is 3.52. The Balaban J connectivity index is 1.56. The number of halogens is 1. The van der Waals surface area contributed by atoms with E-state index in [1.165, 1.54) is 0 Å². The molecule has 37 heavy (non-hydrogen) atoms. The molecule has 2 amide bonds. The number of benzene rings is 3. The van der Waals surface area contributed by atoms with Crippen molar-refractivity contribution in [2.45, 2.75) is 25.9 Å². The van der Waals surface area contributed by atoms with Gasteiger partial charge in [-0.25, -0.2) is 9.48 Å². The SMILES string of the molecule is CCc1nn(-c2ccccc2)c2c1CN(C(=O)Nc1ccccc1Cl)[C@@H](c1ccccc1)c1cccn1-2. The van der Waals surface area contributed by atoms with Gasteiger partial charge in [-0.05, 0) is 48.4 Å². The Labute approximate surface area is 220 Å². The Morgan fingerprint density at radius 3 is 2.38 bits per heavy atom. The number of hydrogen-bond donors (Lipinski definition) is 1. The highest BCUT2D eigenvalue weighted by Crippen LogP contribution is 2.39. The fourth-order valence-electron chi connectivity index (χ4n) is 5.08. The summed E-state index contributed by atoms with van der Waals surface area (Å²) in [5.74, 6) is 0.956. The average molecular weight is 508 g/mol. The molecule has 6 nitrogen and oxygen atoms in total. The van der Waals surface area contributed by atoms with Gasteiger partial charge in [0.2, 0.25) is 0 Å². The summed E-state index contributed by atoms with van der Waals surface area (Å²) in [4.78, 5) is 15.9. The number of hydrogen-bond acceptors (Lipinski definition) is 2. The Hall–Kier alpha value is -4.29. The molecule has 0 unspecified atom stereocenters. The first-order valence-electron chi connectivity index (χ1n) is 12.4. The van der Waals surface area contributed by atoms with Gasteiger partial charge in [0, 0.05) is 11.8 Å².